The van der Waals surface area contributed by atoms with Crippen LogP contribution in [0.3, 0.4) is 0 Å². The summed E-state index contributed by atoms with van der Waals surface area (Å²) in [5, 5.41) is 0.255. The predicted molar refractivity (Wildman–Crippen MR) is 97.8 cm³/mol. The van der Waals surface area contributed by atoms with Gasteiger partial charge in [0.15, 0.2) is 0 Å². The summed E-state index contributed by atoms with van der Waals surface area (Å²) in [6, 6.07) is 6.75. The molecule has 0 bridgehead atoms. The quantitative estimate of drug-likeness (QED) is 0.711. The topological polar surface area (TPSA) is 60.4 Å². The van der Waals surface area contributed by atoms with Gasteiger partial charge in [0.25, 0.3) is 0 Å². The van der Waals surface area contributed by atoms with Crippen LogP contribution >= 0.6 is 10.3 Å². The van der Waals surface area contributed by atoms with Crippen molar-refractivity contribution in [3.05, 3.63) is 29.8 Å². The number of rotatable bonds is 6. The maximum absolute atomic E-state index is 12.8. The molecule has 0 amide bonds. The van der Waals surface area contributed by atoms with Crippen LogP contribution in [0.1, 0.15) is 44.1 Å². The van der Waals surface area contributed by atoms with E-state index in [1.807, 2.05) is 6.92 Å². The molecule has 1 heterocycles. The number of hydrogen-bond acceptors (Lipinski definition) is 4. The van der Waals surface area contributed by atoms with Gasteiger partial charge in [-0.1, -0.05) is 30.5 Å². The van der Waals surface area contributed by atoms with E-state index in [2.05, 4.69) is 0 Å². The molecule has 1 saturated heterocycles. The zero-order valence-electron chi connectivity index (χ0n) is 14.1. The summed E-state index contributed by atoms with van der Waals surface area (Å²) in [6.45, 7) is 1.92. The Balaban J connectivity index is 1.89. The van der Waals surface area contributed by atoms with Crippen molar-refractivity contribution in [2.24, 2.45) is 5.92 Å². The molecule has 0 aromatic heterocycles. The molecule has 134 valence electrons. The number of hydrogen-bond donors (Lipinski definition) is 0. The van der Waals surface area contributed by atoms with E-state index in [1.54, 1.807) is 24.3 Å². The summed E-state index contributed by atoms with van der Waals surface area (Å²) in [4.78, 5) is 11.5. The van der Waals surface area contributed by atoms with E-state index in [4.69, 9.17) is 3.63 Å². The predicted octanol–water partition coefficient (Wildman–Crippen LogP) is 3.97. The van der Waals surface area contributed by atoms with Crippen LogP contribution in [0, 0.1) is 12.8 Å². The van der Waals surface area contributed by atoms with Crippen LogP contribution in [0.15, 0.2) is 29.2 Å². The fourth-order valence-electron chi connectivity index (χ4n) is 4.17. The van der Waals surface area contributed by atoms with Crippen molar-refractivity contribution in [3.63, 3.8) is 0 Å². The van der Waals surface area contributed by atoms with Gasteiger partial charge in [0.1, 0.15) is 6.29 Å². The van der Waals surface area contributed by atoms with Crippen molar-refractivity contribution in [2.45, 2.75) is 55.6 Å². The molecule has 4 nitrogen and oxygen atoms in total. The monoisotopic (exact) mass is 370 g/mol. The molecule has 2 unspecified atom stereocenters. The Labute approximate surface area is 146 Å². The van der Waals surface area contributed by atoms with Crippen LogP contribution < -0.4 is 0 Å². The first-order valence-electron chi connectivity index (χ1n) is 8.71. The number of aldehydes is 1. The Bertz CT molecular complexity index is 677. The van der Waals surface area contributed by atoms with Crippen LogP contribution in [0.4, 0.5) is 0 Å². The van der Waals surface area contributed by atoms with Crippen LogP contribution in [0.2, 0.25) is 0 Å². The first kappa shape index (κ1) is 18.0. The molecular formula is C18H26O4S2. The van der Waals surface area contributed by atoms with Crippen molar-refractivity contribution < 1.29 is 16.8 Å². The zero-order chi connectivity index (χ0) is 17.2. The second kappa shape index (κ2) is 7.18. The fourth-order valence-corrected chi connectivity index (χ4v) is 10.4. The first-order valence-corrected chi connectivity index (χ1v) is 12.1. The molecule has 0 N–H and O–H groups in total. The lowest BCUT2D eigenvalue weighted by molar-refractivity contribution is -0.105. The zero-order valence-corrected chi connectivity index (χ0v) is 15.8. The molecule has 2 aliphatic rings. The summed E-state index contributed by atoms with van der Waals surface area (Å²) in [7, 11) is -5.73. The van der Waals surface area contributed by atoms with Crippen molar-refractivity contribution in [1.82, 2.24) is 0 Å². The van der Waals surface area contributed by atoms with Crippen molar-refractivity contribution in [1.29, 1.82) is 0 Å². The maximum atomic E-state index is 12.8. The Morgan fingerprint density at radius 1 is 1.12 bits per heavy atom. The van der Waals surface area contributed by atoms with Gasteiger partial charge in [-0.15, -0.1) is 10.3 Å². The molecule has 0 spiro atoms. The molecule has 0 radical (unpaired) electrons. The largest absolute Gasteiger partial charge is 0.306 e. The van der Waals surface area contributed by atoms with E-state index >= 15 is 0 Å². The summed E-state index contributed by atoms with van der Waals surface area (Å²) in [6.07, 6.45) is 7.54. The molecule has 1 saturated carbocycles. The average molecular weight is 371 g/mol. The molecule has 1 aliphatic heterocycles. The standard InChI is InChI=1S/C18H26O4S2/c1-15-8-10-17(11-9-15)24(20,21)22-23(14-12-19)13-4-7-18(23)16-5-2-3-6-16/h8-12,16,18H,2-7,13-14H2,1H3. The molecular weight excluding hydrogens is 344 g/mol. The van der Waals surface area contributed by atoms with Crippen LogP contribution in [0.5, 0.6) is 0 Å². The van der Waals surface area contributed by atoms with Gasteiger partial charge in [-0.05, 0) is 50.7 Å². The number of aryl methyl sites for hydroxylation is 1. The highest BCUT2D eigenvalue weighted by molar-refractivity contribution is 8.34. The summed E-state index contributed by atoms with van der Waals surface area (Å²) in [5.41, 5.74) is 1.01. The van der Waals surface area contributed by atoms with Gasteiger partial charge in [0.2, 0.25) is 0 Å². The molecule has 24 heavy (non-hydrogen) atoms. The molecule has 1 aromatic carbocycles. The second-order valence-electron chi connectivity index (χ2n) is 6.97. The average Bonchev–Trinajstić information content (AvgIpc) is 3.17. The third-order valence-electron chi connectivity index (χ3n) is 5.34. The summed E-state index contributed by atoms with van der Waals surface area (Å²) in [5.74, 6) is 1.51. The van der Waals surface area contributed by atoms with Gasteiger partial charge in [0.05, 0.1) is 10.6 Å². The maximum Gasteiger partial charge on any atom is 0.306 e. The van der Waals surface area contributed by atoms with Gasteiger partial charge in [-0.2, -0.15) is 8.42 Å². The third kappa shape index (κ3) is 3.55. The highest BCUT2D eigenvalue weighted by Gasteiger charge is 2.46. The lowest BCUT2D eigenvalue weighted by Gasteiger charge is -2.41. The van der Waals surface area contributed by atoms with Gasteiger partial charge >= 0.3 is 10.1 Å². The lowest BCUT2D eigenvalue weighted by atomic mass is 10.0. The second-order valence-corrected chi connectivity index (χ2v) is 12.0. The van der Waals surface area contributed by atoms with Crippen molar-refractivity contribution in [3.8, 4) is 0 Å². The molecule has 2 atom stereocenters. The van der Waals surface area contributed by atoms with Gasteiger partial charge in [-0.3, -0.25) is 0 Å². The smallest absolute Gasteiger partial charge is 0.302 e. The van der Waals surface area contributed by atoms with E-state index in [9.17, 15) is 13.2 Å². The fraction of sp³-hybridized carbons (Fsp3) is 0.611. The molecule has 6 heteroatoms. The van der Waals surface area contributed by atoms with Gasteiger partial charge in [0, 0.05) is 11.0 Å². The normalized spacial score (nSPS) is 31.0. The van der Waals surface area contributed by atoms with E-state index in [0.717, 1.165) is 43.3 Å². The van der Waals surface area contributed by atoms with Gasteiger partial charge in [-0.25, -0.2) is 3.63 Å². The van der Waals surface area contributed by atoms with Crippen molar-refractivity contribution in [2.75, 3.05) is 11.5 Å². The number of carbonyl (C=O) groups excluding carboxylic acids is 1. The van der Waals surface area contributed by atoms with E-state index in [1.165, 1.54) is 12.8 Å². The first-order chi connectivity index (χ1) is 11.5. The Morgan fingerprint density at radius 3 is 2.42 bits per heavy atom. The molecule has 2 fully saturated rings. The van der Waals surface area contributed by atoms with Crippen molar-refractivity contribution >= 4 is 26.7 Å². The van der Waals surface area contributed by atoms with E-state index in [0.29, 0.717) is 5.92 Å². The number of benzene rings is 1. The minimum atomic E-state index is -3.83. The molecule has 3 rings (SSSR count). The Kier molecular flexibility index (Phi) is 5.37. The molecule has 1 aliphatic carbocycles. The van der Waals surface area contributed by atoms with Crippen LogP contribution in [0.25, 0.3) is 0 Å². The molecule has 1 aromatic rings. The van der Waals surface area contributed by atoms with Crippen LogP contribution in [-0.2, 0) is 18.5 Å². The Hall–Kier alpha value is -0.850. The van der Waals surface area contributed by atoms with E-state index < -0.39 is 20.4 Å². The summed E-state index contributed by atoms with van der Waals surface area (Å²) < 4.78 is 31.5. The SMILES string of the molecule is Cc1ccc(S(=O)(=O)OS2(CC=O)CCCC2C2CCCC2)cc1. The van der Waals surface area contributed by atoms with E-state index in [-0.39, 0.29) is 15.9 Å². The summed E-state index contributed by atoms with van der Waals surface area (Å²) >= 11 is 0. The highest BCUT2D eigenvalue weighted by Crippen LogP contribution is 2.64. The Morgan fingerprint density at radius 2 is 1.79 bits per heavy atom. The third-order valence-corrected chi connectivity index (χ3v) is 11.4. The minimum Gasteiger partial charge on any atom is -0.302 e. The minimum absolute atomic E-state index is 0.197. The lowest BCUT2D eigenvalue weighted by Crippen LogP contribution is -2.28. The highest BCUT2D eigenvalue weighted by atomic mass is 32.3. The van der Waals surface area contributed by atoms with Crippen LogP contribution in [-0.4, -0.2) is 31.5 Å². The van der Waals surface area contributed by atoms with Gasteiger partial charge < -0.3 is 4.79 Å². The number of carbonyl (C=O) groups is 1.